The van der Waals surface area contributed by atoms with Crippen LogP contribution < -0.4 is 0 Å². The molecule has 0 bridgehead atoms. The molecule has 1 heterocycles. The van der Waals surface area contributed by atoms with Crippen LogP contribution in [0, 0.1) is 0 Å². The maximum Gasteiger partial charge on any atom is 0.165 e. The summed E-state index contributed by atoms with van der Waals surface area (Å²) in [5, 5.41) is 4.66. The van der Waals surface area contributed by atoms with Gasteiger partial charge in [0.05, 0.1) is 5.41 Å². The molecule has 1 aromatic heterocycles. The molecule has 0 N–H and O–H groups in total. The first-order valence-electron chi connectivity index (χ1n) is 17.4. The largest absolute Gasteiger partial charge is 0.208 e. The van der Waals surface area contributed by atoms with Crippen LogP contribution in [0.15, 0.2) is 188 Å². The van der Waals surface area contributed by atoms with Crippen LogP contribution in [0.3, 0.4) is 0 Å². The molecule has 0 amide bonds. The lowest BCUT2D eigenvalue weighted by atomic mass is 9.67. The predicted octanol–water partition coefficient (Wildman–Crippen LogP) is 11.5. The minimum atomic E-state index is -0.590. The van der Waals surface area contributed by atoms with E-state index in [-0.39, 0.29) is 0 Å². The Morgan fingerprint density at radius 1 is 0.333 bits per heavy atom. The molecule has 1 aliphatic carbocycles. The zero-order valence-corrected chi connectivity index (χ0v) is 27.7. The van der Waals surface area contributed by atoms with E-state index in [0.29, 0.717) is 17.5 Å². The third-order valence-corrected chi connectivity index (χ3v) is 10.3. The fourth-order valence-electron chi connectivity index (χ4n) is 8.14. The van der Waals surface area contributed by atoms with Gasteiger partial charge in [0.25, 0.3) is 0 Å². The van der Waals surface area contributed by atoms with Gasteiger partial charge in [-0.1, -0.05) is 170 Å². The van der Waals surface area contributed by atoms with Crippen molar-refractivity contribution < 1.29 is 0 Å². The summed E-state index contributed by atoms with van der Waals surface area (Å²) in [6, 6.07) is 67.0. The Kier molecular flexibility index (Phi) is 6.71. The molecule has 0 radical (unpaired) electrons. The van der Waals surface area contributed by atoms with Crippen LogP contribution in [0.5, 0.6) is 0 Å². The summed E-state index contributed by atoms with van der Waals surface area (Å²) in [5.41, 5.74) is 9.60. The summed E-state index contributed by atoms with van der Waals surface area (Å²) in [7, 11) is 0. The molecule has 0 fully saturated rings. The zero-order valence-electron chi connectivity index (χ0n) is 27.7. The van der Waals surface area contributed by atoms with Crippen LogP contribution >= 0.6 is 0 Å². The van der Waals surface area contributed by atoms with E-state index in [1.807, 2.05) is 36.4 Å². The molecule has 0 spiro atoms. The second-order valence-corrected chi connectivity index (χ2v) is 13.2. The van der Waals surface area contributed by atoms with Crippen molar-refractivity contribution in [3.05, 3.63) is 210 Å². The molecule has 1 aliphatic rings. The van der Waals surface area contributed by atoms with Crippen LogP contribution in [0.4, 0.5) is 0 Å². The Morgan fingerprint density at radius 2 is 0.765 bits per heavy atom. The molecule has 0 saturated heterocycles. The van der Waals surface area contributed by atoms with E-state index < -0.39 is 5.41 Å². The molecule has 10 rings (SSSR count). The molecule has 0 atom stereocenters. The number of nitrogens with zero attached hydrogens (tertiary/aromatic N) is 3. The number of aromatic nitrogens is 3. The van der Waals surface area contributed by atoms with Crippen LogP contribution in [0.25, 0.3) is 66.8 Å². The van der Waals surface area contributed by atoms with Crippen molar-refractivity contribution in [3.8, 4) is 45.3 Å². The van der Waals surface area contributed by atoms with Gasteiger partial charge in [0.15, 0.2) is 17.5 Å². The first-order chi connectivity index (χ1) is 25.3. The molecule has 3 nitrogen and oxygen atoms in total. The van der Waals surface area contributed by atoms with E-state index in [2.05, 4.69) is 152 Å². The summed E-state index contributed by atoms with van der Waals surface area (Å²) in [4.78, 5) is 15.7. The number of benzene rings is 8. The molecule has 238 valence electrons. The second kappa shape index (κ2) is 11.7. The third-order valence-electron chi connectivity index (χ3n) is 10.3. The molecule has 9 aromatic rings. The van der Waals surface area contributed by atoms with Crippen LogP contribution in [0.2, 0.25) is 0 Å². The Morgan fingerprint density at radius 3 is 1.33 bits per heavy atom. The van der Waals surface area contributed by atoms with Crippen molar-refractivity contribution in [2.45, 2.75) is 5.41 Å². The predicted molar refractivity (Wildman–Crippen MR) is 208 cm³/mol. The second-order valence-electron chi connectivity index (χ2n) is 13.2. The van der Waals surface area contributed by atoms with Gasteiger partial charge >= 0.3 is 0 Å². The van der Waals surface area contributed by atoms with Gasteiger partial charge in [0.1, 0.15) is 0 Å². The number of hydrogen-bond donors (Lipinski definition) is 0. The maximum absolute atomic E-state index is 5.33. The lowest BCUT2D eigenvalue weighted by molar-refractivity contribution is 0.770. The number of hydrogen-bond acceptors (Lipinski definition) is 3. The lowest BCUT2D eigenvalue weighted by Gasteiger charge is -2.34. The monoisotopic (exact) mass is 649 g/mol. The highest BCUT2D eigenvalue weighted by Crippen LogP contribution is 2.60. The normalized spacial score (nSPS) is 12.9. The average molecular weight is 650 g/mol. The molecular weight excluding hydrogens is 619 g/mol. The summed E-state index contributed by atoms with van der Waals surface area (Å²) in [5.74, 6) is 1.96. The van der Waals surface area contributed by atoms with Gasteiger partial charge in [-0.25, -0.2) is 15.0 Å². The summed E-state index contributed by atoms with van der Waals surface area (Å²) < 4.78 is 0. The lowest BCUT2D eigenvalue weighted by Crippen LogP contribution is -2.28. The standard InChI is InChI=1S/C48H31N3/c1-5-17-32(18-6-1)45-49-46(33-19-7-2-8-20-33)51-47(50-45)44-39-28-16-15-23-36(39)31-42-43(44)40-29-34-21-13-14-22-35(34)30-41(40)48(42,37-24-9-3-10-25-37)38-26-11-4-12-27-38/h1-31H. The highest BCUT2D eigenvalue weighted by atomic mass is 15.0. The highest BCUT2D eigenvalue weighted by molar-refractivity contribution is 6.09. The van der Waals surface area contributed by atoms with Gasteiger partial charge in [-0.3, -0.25) is 0 Å². The number of rotatable bonds is 5. The molecule has 51 heavy (non-hydrogen) atoms. The topological polar surface area (TPSA) is 38.7 Å². The zero-order chi connectivity index (χ0) is 33.8. The van der Waals surface area contributed by atoms with Gasteiger partial charge in [0.2, 0.25) is 0 Å². The third kappa shape index (κ3) is 4.56. The minimum absolute atomic E-state index is 0.590. The number of fused-ring (bicyclic) bond motifs is 5. The molecule has 8 aromatic carbocycles. The van der Waals surface area contributed by atoms with Gasteiger partial charge < -0.3 is 0 Å². The first kappa shape index (κ1) is 29.2. The molecule has 0 aliphatic heterocycles. The fourth-order valence-corrected chi connectivity index (χ4v) is 8.14. The quantitative estimate of drug-likeness (QED) is 0.186. The highest BCUT2D eigenvalue weighted by Gasteiger charge is 2.48. The minimum Gasteiger partial charge on any atom is -0.208 e. The molecule has 0 unspecified atom stereocenters. The average Bonchev–Trinajstić information content (AvgIpc) is 3.49. The van der Waals surface area contributed by atoms with E-state index in [0.717, 1.165) is 33.0 Å². The Hall–Kier alpha value is -6.71. The van der Waals surface area contributed by atoms with Crippen molar-refractivity contribution in [3.63, 3.8) is 0 Å². The van der Waals surface area contributed by atoms with Crippen molar-refractivity contribution >= 4 is 21.5 Å². The van der Waals surface area contributed by atoms with Gasteiger partial charge in [-0.15, -0.1) is 0 Å². The first-order valence-corrected chi connectivity index (χ1v) is 17.4. The van der Waals surface area contributed by atoms with E-state index in [9.17, 15) is 0 Å². The Balaban J connectivity index is 1.40. The Bertz CT molecular complexity index is 2630. The van der Waals surface area contributed by atoms with Gasteiger partial charge in [-0.05, 0) is 73.1 Å². The van der Waals surface area contributed by atoms with Crippen LogP contribution in [0.1, 0.15) is 22.3 Å². The van der Waals surface area contributed by atoms with Crippen LogP contribution in [-0.2, 0) is 5.41 Å². The fraction of sp³-hybridized carbons (Fsp3) is 0.0208. The van der Waals surface area contributed by atoms with Crippen molar-refractivity contribution in [1.82, 2.24) is 15.0 Å². The Labute approximate surface area is 296 Å². The van der Waals surface area contributed by atoms with Gasteiger partial charge in [0, 0.05) is 16.7 Å². The molecule has 3 heteroatoms. The summed E-state index contributed by atoms with van der Waals surface area (Å²) in [6.45, 7) is 0. The van der Waals surface area contributed by atoms with E-state index in [1.165, 1.54) is 38.6 Å². The van der Waals surface area contributed by atoms with E-state index >= 15 is 0 Å². The SMILES string of the molecule is c1ccc(-c2nc(-c3ccccc3)nc(-c3c4c(cc5ccccc35)C(c3ccccc3)(c3ccccc3)c3cc5ccccc5cc3-4)n2)cc1. The maximum atomic E-state index is 5.33. The van der Waals surface area contributed by atoms with Crippen LogP contribution in [-0.4, -0.2) is 15.0 Å². The van der Waals surface area contributed by atoms with Gasteiger partial charge in [-0.2, -0.15) is 0 Å². The summed E-state index contributed by atoms with van der Waals surface area (Å²) >= 11 is 0. The molecular formula is C48H31N3. The van der Waals surface area contributed by atoms with E-state index in [4.69, 9.17) is 15.0 Å². The van der Waals surface area contributed by atoms with E-state index in [1.54, 1.807) is 0 Å². The van der Waals surface area contributed by atoms with Crippen molar-refractivity contribution in [1.29, 1.82) is 0 Å². The molecule has 0 saturated carbocycles. The van der Waals surface area contributed by atoms with Crippen molar-refractivity contribution in [2.75, 3.05) is 0 Å². The smallest absolute Gasteiger partial charge is 0.165 e. The summed E-state index contributed by atoms with van der Waals surface area (Å²) in [6.07, 6.45) is 0. The van der Waals surface area contributed by atoms with Crippen molar-refractivity contribution in [2.24, 2.45) is 0 Å².